The van der Waals surface area contributed by atoms with E-state index in [0.717, 1.165) is 25.7 Å². The van der Waals surface area contributed by atoms with Gasteiger partial charge in [-0.25, -0.2) is 12.8 Å². The topological polar surface area (TPSA) is 43.4 Å². The molecule has 1 aromatic rings. The van der Waals surface area contributed by atoms with Crippen molar-refractivity contribution in [1.29, 1.82) is 0 Å². The first kappa shape index (κ1) is 15.0. The zero-order valence-electron chi connectivity index (χ0n) is 12.1. The van der Waals surface area contributed by atoms with Crippen LogP contribution in [-0.2, 0) is 14.6 Å². The summed E-state index contributed by atoms with van der Waals surface area (Å²) in [6.07, 6.45) is 7.27. The standard InChI is InChI=1S/C16H21FO3S/c17-13-4-6-15(7-5-13)21(18,19)12-14-8-11-16(20-14)9-2-1-3-10-16/h4-7,14H,1-3,8-12H2. The highest BCUT2D eigenvalue weighted by molar-refractivity contribution is 7.91. The first-order valence-corrected chi connectivity index (χ1v) is 9.31. The van der Waals surface area contributed by atoms with E-state index in [9.17, 15) is 12.8 Å². The smallest absolute Gasteiger partial charge is 0.180 e. The number of hydrogen-bond acceptors (Lipinski definition) is 3. The Morgan fingerprint density at radius 3 is 2.43 bits per heavy atom. The summed E-state index contributed by atoms with van der Waals surface area (Å²) in [6.45, 7) is 0. The SMILES string of the molecule is O=S(=O)(CC1CCC2(CCCCC2)O1)c1ccc(F)cc1. The number of rotatable bonds is 3. The molecule has 2 aliphatic rings. The lowest BCUT2D eigenvalue weighted by Gasteiger charge is -2.33. The van der Waals surface area contributed by atoms with Crippen LogP contribution in [0.3, 0.4) is 0 Å². The van der Waals surface area contributed by atoms with Gasteiger partial charge in [0.1, 0.15) is 5.82 Å². The van der Waals surface area contributed by atoms with Gasteiger partial charge in [-0.15, -0.1) is 0 Å². The Morgan fingerprint density at radius 1 is 1.10 bits per heavy atom. The molecule has 2 fully saturated rings. The second kappa shape index (κ2) is 5.69. The van der Waals surface area contributed by atoms with Crippen LogP contribution in [0.25, 0.3) is 0 Å². The van der Waals surface area contributed by atoms with Crippen LogP contribution in [-0.4, -0.2) is 25.9 Å². The zero-order valence-corrected chi connectivity index (χ0v) is 12.9. The highest BCUT2D eigenvalue weighted by Crippen LogP contribution is 2.42. The average Bonchev–Trinajstić information content (AvgIpc) is 2.82. The lowest BCUT2D eigenvalue weighted by Crippen LogP contribution is -2.33. The van der Waals surface area contributed by atoms with Crippen molar-refractivity contribution in [2.75, 3.05) is 5.75 Å². The Balaban J connectivity index is 1.68. The normalized spacial score (nSPS) is 25.3. The van der Waals surface area contributed by atoms with Gasteiger partial charge in [0.2, 0.25) is 0 Å². The highest BCUT2D eigenvalue weighted by Gasteiger charge is 2.42. The van der Waals surface area contributed by atoms with Crippen molar-refractivity contribution in [2.45, 2.75) is 61.5 Å². The number of ether oxygens (including phenoxy) is 1. The second-order valence-electron chi connectivity index (χ2n) is 6.26. The van der Waals surface area contributed by atoms with Crippen molar-refractivity contribution in [3.8, 4) is 0 Å². The fraction of sp³-hybridized carbons (Fsp3) is 0.625. The monoisotopic (exact) mass is 312 g/mol. The summed E-state index contributed by atoms with van der Waals surface area (Å²) in [4.78, 5) is 0.178. The lowest BCUT2D eigenvalue weighted by atomic mass is 9.83. The molecule has 1 heterocycles. The van der Waals surface area contributed by atoms with E-state index < -0.39 is 15.7 Å². The molecule has 1 aromatic carbocycles. The Bertz CT molecular complexity index is 588. The molecule has 21 heavy (non-hydrogen) atoms. The average molecular weight is 312 g/mol. The Hall–Kier alpha value is -0.940. The summed E-state index contributed by atoms with van der Waals surface area (Å²) in [5.41, 5.74) is -0.0682. The molecule has 5 heteroatoms. The van der Waals surface area contributed by atoms with Crippen LogP contribution in [0, 0.1) is 5.82 Å². The first-order chi connectivity index (χ1) is 9.99. The van der Waals surface area contributed by atoms with Crippen molar-refractivity contribution in [3.05, 3.63) is 30.1 Å². The molecule has 0 bridgehead atoms. The van der Waals surface area contributed by atoms with Crippen molar-refractivity contribution in [1.82, 2.24) is 0 Å². The zero-order chi connectivity index (χ0) is 14.9. The maximum Gasteiger partial charge on any atom is 0.180 e. The van der Waals surface area contributed by atoms with Gasteiger partial charge in [-0.05, 0) is 49.9 Å². The van der Waals surface area contributed by atoms with Gasteiger partial charge in [0.25, 0.3) is 0 Å². The molecule has 1 aliphatic heterocycles. The van der Waals surface area contributed by atoms with Crippen LogP contribution in [0.15, 0.2) is 29.2 Å². The van der Waals surface area contributed by atoms with E-state index in [-0.39, 0.29) is 22.4 Å². The van der Waals surface area contributed by atoms with Gasteiger partial charge in [0, 0.05) is 0 Å². The minimum absolute atomic E-state index is 0.000379. The molecule has 0 amide bonds. The third kappa shape index (κ3) is 3.29. The van der Waals surface area contributed by atoms with Crippen LogP contribution in [0.4, 0.5) is 4.39 Å². The summed E-state index contributed by atoms with van der Waals surface area (Å²) in [5, 5.41) is 0. The molecule has 0 radical (unpaired) electrons. The van der Waals surface area contributed by atoms with E-state index in [4.69, 9.17) is 4.74 Å². The van der Waals surface area contributed by atoms with Crippen molar-refractivity contribution in [2.24, 2.45) is 0 Å². The molecule has 3 nitrogen and oxygen atoms in total. The van der Waals surface area contributed by atoms with E-state index in [2.05, 4.69) is 0 Å². The summed E-state index contributed by atoms with van der Waals surface area (Å²) in [5.74, 6) is -0.423. The molecule has 116 valence electrons. The molecule has 3 rings (SSSR count). The highest BCUT2D eigenvalue weighted by atomic mass is 32.2. The van der Waals surface area contributed by atoms with E-state index in [1.54, 1.807) is 0 Å². The largest absolute Gasteiger partial charge is 0.371 e. The van der Waals surface area contributed by atoms with Crippen molar-refractivity contribution >= 4 is 9.84 Å². The molecule has 0 N–H and O–H groups in total. The van der Waals surface area contributed by atoms with Crippen molar-refractivity contribution in [3.63, 3.8) is 0 Å². The molecule has 1 spiro atoms. The summed E-state index contributed by atoms with van der Waals surface area (Å²) in [7, 11) is -3.41. The fourth-order valence-corrected chi connectivity index (χ4v) is 5.03. The van der Waals surface area contributed by atoms with Crippen LogP contribution < -0.4 is 0 Å². The second-order valence-corrected chi connectivity index (χ2v) is 8.29. The predicted octanol–water partition coefficient (Wildman–Crippen LogP) is 3.48. The number of halogens is 1. The van der Waals surface area contributed by atoms with Crippen LogP contribution in [0.1, 0.15) is 44.9 Å². The fourth-order valence-electron chi connectivity index (χ4n) is 3.56. The van der Waals surface area contributed by atoms with Gasteiger partial charge in [-0.3, -0.25) is 0 Å². The van der Waals surface area contributed by atoms with Gasteiger partial charge >= 0.3 is 0 Å². The van der Waals surface area contributed by atoms with E-state index in [0.29, 0.717) is 0 Å². The number of hydrogen-bond donors (Lipinski definition) is 0. The van der Waals surface area contributed by atoms with E-state index in [1.807, 2.05) is 0 Å². The molecule has 1 atom stereocenters. The molecule has 1 unspecified atom stereocenters. The third-order valence-electron chi connectivity index (χ3n) is 4.68. The predicted molar refractivity (Wildman–Crippen MR) is 78.4 cm³/mol. The molecule has 0 aromatic heterocycles. The maximum atomic E-state index is 12.9. The number of sulfone groups is 1. The molecular weight excluding hydrogens is 291 g/mol. The molecular formula is C16H21FO3S. The minimum atomic E-state index is -3.41. The Kier molecular flexibility index (Phi) is 4.06. The van der Waals surface area contributed by atoms with Crippen LogP contribution in [0.5, 0.6) is 0 Å². The Morgan fingerprint density at radius 2 is 1.76 bits per heavy atom. The summed E-state index contributed by atoms with van der Waals surface area (Å²) < 4.78 is 43.8. The van der Waals surface area contributed by atoms with Crippen LogP contribution >= 0.6 is 0 Å². The van der Waals surface area contributed by atoms with Gasteiger partial charge in [-0.2, -0.15) is 0 Å². The van der Waals surface area contributed by atoms with E-state index in [1.165, 1.54) is 43.5 Å². The first-order valence-electron chi connectivity index (χ1n) is 7.65. The Labute approximate surface area is 125 Å². The quantitative estimate of drug-likeness (QED) is 0.803. The van der Waals surface area contributed by atoms with Gasteiger partial charge in [-0.1, -0.05) is 19.3 Å². The van der Waals surface area contributed by atoms with Gasteiger partial charge in [0.15, 0.2) is 9.84 Å². The summed E-state index contributed by atoms with van der Waals surface area (Å²) in [6, 6.07) is 5.03. The number of benzene rings is 1. The molecule has 1 saturated carbocycles. The van der Waals surface area contributed by atoms with E-state index >= 15 is 0 Å². The third-order valence-corrected chi connectivity index (χ3v) is 6.48. The summed E-state index contributed by atoms with van der Waals surface area (Å²) >= 11 is 0. The maximum absolute atomic E-state index is 12.9. The molecule has 1 aliphatic carbocycles. The van der Waals surface area contributed by atoms with Gasteiger partial charge < -0.3 is 4.74 Å². The van der Waals surface area contributed by atoms with Gasteiger partial charge in [0.05, 0.1) is 22.4 Å². The van der Waals surface area contributed by atoms with Crippen LogP contribution in [0.2, 0.25) is 0 Å². The van der Waals surface area contributed by atoms with Crippen molar-refractivity contribution < 1.29 is 17.5 Å². The minimum Gasteiger partial charge on any atom is -0.371 e. The lowest BCUT2D eigenvalue weighted by molar-refractivity contribution is -0.0559. The molecule has 1 saturated heterocycles.